The van der Waals surface area contributed by atoms with Crippen molar-refractivity contribution in [2.45, 2.75) is 18.9 Å². The van der Waals surface area contributed by atoms with E-state index in [0.717, 1.165) is 22.0 Å². The van der Waals surface area contributed by atoms with Crippen LogP contribution in [-0.2, 0) is 22.4 Å². The summed E-state index contributed by atoms with van der Waals surface area (Å²) >= 11 is 0. The van der Waals surface area contributed by atoms with E-state index in [4.69, 9.17) is 5.73 Å². The molecule has 2 aromatic carbocycles. The van der Waals surface area contributed by atoms with Crippen LogP contribution >= 0.6 is 0 Å². The van der Waals surface area contributed by atoms with Crippen molar-refractivity contribution in [2.24, 2.45) is 5.73 Å². The van der Waals surface area contributed by atoms with E-state index in [2.05, 4.69) is 10.3 Å². The van der Waals surface area contributed by atoms with Crippen LogP contribution in [0.2, 0.25) is 0 Å². The first kappa shape index (κ1) is 16.0. The number of nitrogens with one attached hydrogen (secondary N) is 2. The van der Waals surface area contributed by atoms with E-state index in [1.165, 1.54) is 0 Å². The van der Waals surface area contributed by atoms with Crippen LogP contribution < -0.4 is 11.1 Å². The summed E-state index contributed by atoms with van der Waals surface area (Å²) in [7, 11) is 0. The number of hydrogen-bond acceptors (Lipinski definition) is 3. The number of rotatable bonds is 5. The van der Waals surface area contributed by atoms with Gasteiger partial charge in [-0.1, -0.05) is 48.5 Å². The van der Waals surface area contributed by atoms with Crippen LogP contribution in [0.3, 0.4) is 0 Å². The molecule has 122 valence electrons. The monoisotopic (exact) mass is 321 g/mol. The number of H-pyrrole nitrogens is 1. The topological polar surface area (TPSA) is 88.0 Å². The molecule has 0 saturated heterocycles. The number of fused-ring (bicyclic) bond motifs is 1. The Morgan fingerprint density at radius 2 is 1.75 bits per heavy atom. The highest BCUT2D eigenvalue weighted by atomic mass is 16.2. The summed E-state index contributed by atoms with van der Waals surface area (Å²) in [6.45, 7) is 0. The maximum Gasteiger partial charge on any atom is 0.243 e. The molecule has 1 aromatic heterocycles. The Morgan fingerprint density at radius 3 is 2.54 bits per heavy atom. The molecule has 1 heterocycles. The minimum Gasteiger partial charge on any atom is -0.361 e. The van der Waals surface area contributed by atoms with Gasteiger partial charge in [0.1, 0.15) is 0 Å². The summed E-state index contributed by atoms with van der Waals surface area (Å²) in [5.41, 5.74) is 8.78. The molecular weight excluding hydrogens is 302 g/mol. The van der Waals surface area contributed by atoms with Crippen molar-refractivity contribution in [3.8, 4) is 0 Å². The van der Waals surface area contributed by atoms with E-state index in [9.17, 15) is 9.59 Å². The van der Waals surface area contributed by atoms with Crippen molar-refractivity contribution >= 4 is 22.7 Å². The predicted molar refractivity (Wildman–Crippen MR) is 93.3 cm³/mol. The van der Waals surface area contributed by atoms with Gasteiger partial charge < -0.3 is 10.7 Å². The van der Waals surface area contributed by atoms with Gasteiger partial charge in [0.15, 0.2) is 0 Å². The van der Waals surface area contributed by atoms with Gasteiger partial charge in [-0.2, -0.15) is 0 Å². The predicted octanol–water partition coefficient (Wildman–Crippen LogP) is 1.92. The van der Waals surface area contributed by atoms with Crippen molar-refractivity contribution < 1.29 is 9.59 Å². The second kappa shape index (κ2) is 7.10. The van der Waals surface area contributed by atoms with Gasteiger partial charge in [-0.25, -0.2) is 0 Å². The SMILES string of the molecule is NC(Cc1c[nH]c2ccccc12)C(=O)NC(=O)Cc1ccccc1. The number of amides is 2. The fourth-order valence-electron chi connectivity index (χ4n) is 2.69. The molecule has 0 saturated carbocycles. The molecule has 0 spiro atoms. The Labute approximate surface area is 139 Å². The van der Waals surface area contributed by atoms with Gasteiger partial charge in [-0.15, -0.1) is 0 Å². The molecule has 24 heavy (non-hydrogen) atoms. The van der Waals surface area contributed by atoms with Crippen molar-refractivity contribution in [1.82, 2.24) is 10.3 Å². The highest BCUT2D eigenvalue weighted by Crippen LogP contribution is 2.18. The van der Waals surface area contributed by atoms with Crippen LogP contribution in [0.1, 0.15) is 11.1 Å². The Bertz CT molecular complexity index is 855. The van der Waals surface area contributed by atoms with Crippen molar-refractivity contribution in [3.63, 3.8) is 0 Å². The van der Waals surface area contributed by atoms with E-state index >= 15 is 0 Å². The number of imide groups is 1. The molecule has 2 amide bonds. The molecule has 0 aliphatic rings. The summed E-state index contributed by atoms with van der Waals surface area (Å²) in [4.78, 5) is 27.2. The average Bonchev–Trinajstić information content (AvgIpc) is 2.99. The lowest BCUT2D eigenvalue weighted by Crippen LogP contribution is -2.45. The molecule has 5 nitrogen and oxygen atoms in total. The quantitative estimate of drug-likeness (QED) is 0.671. The normalized spacial score (nSPS) is 12.0. The summed E-state index contributed by atoms with van der Waals surface area (Å²) in [5.74, 6) is -0.804. The number of nitrogens with two attached hydrogens (primary N) is 1. The van der Waals surface area contributed by atoms with Gasteiger partial charge in [-0.05, 0) is 23.6 Å². The molecule has 0 aliphatic carbocycles. The summed E-state index contributed by atoms with van der Waals surface area (Å²) in [6.07, 6.45) is 2.38. The Morgan fingerprint density at radius 1 is 1.04 bits per heavy atom. The highest BCUT2D eigenvalue weighted by Gasteiger charge is 2.18. The van der Waals surface area contributed by atoms with Crippen molar-refractivity contribution in [2.75, 3.05) is 0 Å². The van der Waals surface area contributed by atoms with Crippen molar-refractivity contribution in [3.05, 3.63) is 71.9 Å². The van der Waals surface area contributed by atoms with Crippen LogP contribution in [-0.4, -0.2) is 22.8 Å². The van der Waals surface area contributed by atoms with E-state index in [-0.39, 0.29) is 12.3 Å². The maximum atomic E-state index is 12.1. The molecule has 0 fully saturated rings. The van der Waals surface area contributed by atoms with Crippen LogP contribution in [0, 0.1) is 0 Å². The van der Waals surface area contributed by atoms with E-state index < -0.39 is 11.9 Å². The lowest BCUT2D eigenvalue weighted by molar-refractivity contribution is -0.130. The summed E-state index contributed by atoms with van der Waals surface area (Å²) in [5, 5.41) is 3.41. The second-order valence-electron chi connectivity index (χ2n) is 5.74. The molecule has 1 atom stereocenters. The van der Waals surface area contributed by atoms with Crippen molar-refractivity contribution in [1.29, 1.82) is 0 Å². The molecule has 1 unspecified atom stereocenters. The maximum absolute atomic E-state index is 12.1. The molecule has 0 radical (unpaired) electrons. The third-order valence-corrected chi connectivity index (χ3v) is 3.92. The van der Waals surface area contributed by atoms with Crippen LogP contribution in [0.25, 0.3) is 10.9 Å². The van der Waals surface area contributed by atoms with Crippen LogP contribution in [0.15, 0.2) is 60.8 Å². The largest absolute Gasteiger partial charge is 0.361 e. The van der Waals surface area contributed by atoms with E-state index in [1.807, 2.05) is 60.8 Å². The molecule has 0 bridgehead atoms. The van der Waals surface area contributed by atoms with Gasteiger partial charge in [0.25, 0.3) is 0 Å². The van der Waals surface area contributed by atoms with Crippen LogP contribution in [0.5, 0.6) is 0 Å². The lowest BCUT2D eigenvalue weighted by Gasteiger charge is -2.11. The second-order valence-corrected chi connectivity index (χ2v) is 5.74. The average molecular weight is 321 g/mol. The fourth-order valence-corrected chi connectivity index (χ4v) is 2.69. The van der Waals surface area contributed by atoms with Gasteiger partial charge in [0.05, 0.1) is 12.5 Å². The van der Waals surface area contributed by atoms with Crippen LogP contribution in [0.4, 0.5) is 0 Å². The number of para-hydroxylation sites is 1. The Hall–Kier alpha value is -2.92. The molecule has 4 N–H and O–H groups in total. The first-order valence-electron chi connectivity index (χ1n) is 7.81. The molecule has 3 aromatic rings. The van der Waals surface area contributed by atoms with Gasteiger partial charge in [0, 0.05) is 17.1 Å². The Balaban J connectivity index is 1.59. The number of aromatic nitrogens is 1. The number of benzene rings is 2. The Kier molecular flexibility index (Phi) is 4.72. The number of carbonyl (C=O) groups excluding carboxylic acids is 2. The third kappa shape index (κ3) is 3.70. The third-order valence-electron chi connectivity index (χ3n) is 3.92. The zero-order valence-corrected chi connectivity index (χ0v) is 13.2. The summed E-state index contributed by atoms with van der Waals surface area (Å²) in [6, 6.07) is 16.3. The molecule has 5 heteroatoms. The standard InChI is InChI=1S/C19H19N3O2/c20-16(11-14-12-21-17-9-5-4-8-15(14)17)19(24)22-18(23)10-13-6-2-1-3-7-13/h1-9,12,16,21H,10-11,20H2,(H,22,23,24). The summed E-state index contributed by atoms with van der Waals surface area (Å²) < 4.78 is 0. The molecule has 3 rings (SSSR count). The van der Waals surface area contributed by atoms with Gasteiger partial charge >= 0.3 is 0 Å². The van der Waals surface area contributed by atoms with E-state index in [0.29, 0.717) is 6.42 Å². The molecular formula is C19H19N3O2. The first-order chi connectivity index (χ1) is 11.6. The zero-order valence-electron chi connectivity index (χ0n) is 13.2. The number of aromatic amines is 1. The minimum atomic E-state index is -0.774. The van der Waals surface area contributed by atoms with Gasteiger partial charge in [-0.3, -0.25) is 14.9 Å². The molecule has 0 aliphatic heterocycles. The lowest BCUT2D eigenvalue weighted by atomic mass is 10.0. The van der Waals surface area contributed by atoms with E-state index in [1.54, 1.807) is 0 Å². The first-order valence-corrected chi connectivity index (χ1v) is 7.81. The number of hydrogen-bond donors (Lipinski definition) is 3. The minimum absolute atomic E-state index is 0.159. The number of carbonyl (C=O) groups is 2. The smallest absolute Gasteiger partial charge is 0.243 e. The zero-order chi connectivity index (χ0) is 16.9. The fraction of sp³-hybridized carbons (Fsp3) is 0.158. The highest BCUT2D eigenvalue weighted by molar-refractivity contribution is 5.98. The van der Waals surface area contributed by atoms with Gasteiger partial charge in [0.2, 0.25) is 11.8 Å².